The lowest BCUT2D eigenvalue weighted by molar-refractivity contribution is -0.211. The quantitative estimate of drug-likeness (QED) is 0.676. The summed E-state index contributed by atoms with van der Waals surface area (Å²) in [5.41, 5.74) is -0.471. The van der Waals surface area contributed by atoms with Crippen LogP contribution in [0.1, 0.15) is 45.9 Å². The van der Waals surface area contributed by atoms with E-state index in [0.717, 1.165) is 11.1 Å². The highest BCUT2D eigenvalue weighted by Gasteiger charge is 2.46. The third kappa shape index (κ3) is 3.25. The van der Waals surface area contributed by atoms with Gasteiger partial charge in [-0.2, -0.15) is 13.2 Å². The predicted octanol–water partition coefficient (Wildman–Crippen LogP) is 5.86. The molecule has 0 saturated carbocycles. The highest BCUT2D eigenvalue weighted by molar-refractivity contribution is 5.79. The van der Waals surface area contributed by atoms with Crippen LogP contribution in [0.5, 0.6) is 0 Å². The second kappa shape index (κ2) is 4.79. The van der Waals surface area contributed by atoms with Crippen LogP contribution < -0.4 is 0 Å². The van der Waals surface area contributed by atoms with Crippen molar-refractivity contribution in [1.29, 1.82) is 0 Å². The van der Waals surface area contributed by atoms with Gasteiger partial charge in [-0.05, 0) is 30.2 Å². The molecule has 1 aromatic heterocycles. The Bertz CT molecular complexity index is 642. The smallest absolute Gasteiger partial charge is 0.394 e. The van der Waals surface area contributed by atoms with E-state index >= 15 is 0 Å². The molecular formula is C17H21F3O. The van der Waals surface area contributed by atoms with Crippen LogP contribution in [0.3, 0.4) is 0 Å². The van der Waals surface area contributed by atoms with Gasteiger partial charge in [0.25, 0.3) is 0 Å². The zero-order valence-corrected chi connectivity index (χ0v) is 13.1. The van der Waals surface area contributed by atoms with Crippen molar-refractivity contribution < 1.29 is 17.6 Å². The van der Waals surface area contributed by atoms with E-state index in [0.29, 0.717) is 11.1 Å². The second-order valence-electron chi connectivity index (χ2n) is 7.29. The van der Waals surface area contributed by atoms with Gasteiger partial charge in [-0.25, -0.2) is 0 Å². The molecule has 0 spiro atoms. The highest BCUT2D eigenvalue weighted by Crippen LogP contribution is 2.40. The molecule has 0 aliphatic carbocycles. The van der Waals surface area contributed by atoms with E-state index < -0.39 is 11.6 Å². The zero-order chi connectivity index (χ0) is 16.1. The first-order chi connectivity index (χ1) is 9.40. The Morgan fingerprint density at radius 2 is 1.57 bits per heavy atom. The minimum absolute atomic E-state index is 0.0392. The molecule has 1 aromatic carbocycles. The molecule has 116 valence electrons. The lowest BCUT2D eigenvalue weighted by Crippen LogP contribution is -2.34. The molecule has 4 heteroatoms. The summed E-state index contributed by atoms with van der Waals surface area (Å²) in [6, 6.07) is 7.18. The van der Waals surface area contributed by atoms with Crippen molar-refractivity contribution in [3.63, 3.8) is 0 Å². The van der Waals surface area contributed by atoms with Crippen molar-refractivity contribution in [2.24, 2.45) is 5.41 Å². The Kier molecular flexibility index (Phi) is 3.63. The maximum atomic E-state index is 13.0. The number of furan rings is 1. The number of halogens is 3. The summed E-state index contributed by atoms with van der Waals surface area (Å²) in [5.74, 6) is 0.838. The van der Waals surface area contributed by atoms with Gasteiger partial charge < -0.3 is 4.42 Å². The molecule has 0 radical (unpaired) electrons. The van der Waals surface area contributed by atoms with E-state index in [1.807, 2.05) is 26.8 Å². The van der Waals surface area contributed by atoms with Crippen molar-refractivity contribution in [1.82, 2.24) is 0 Å². The van der Waals surface area contributed by atoms with Crippen LogP contribution in [0, 0.1) is 5.41 Å². The summed E-state index contributed by atoms with van der Waals surface area (Å²) in [6.45, 7) is 8.58. The number of hydrogen-bond donors (Lipinski definition) is 0. The van der Waals surface area contributed by atoms with Crippen LogP contribution in [0.4, 0.5) is 13.2 Å². The maximum absolute atomic E-state index is 13.0. The fraction of sp³-hybridized carbons (Fsp3) is 0.529. The van der Waals surface area contributed by atoms with Gasteiger partial charge in [0.05, 0.1) is 5.41 Å². The molecular weight excluding hydrogens is 277 g/mol. The fourth-order valence-corrected chi connectivity index (χ4v) is 2.18. The van der Waals surface area contributed by atoms with Gasteiger partial charge in [-0.15, -0.1) is 0 Å². The number of fused-ring (bicyclic) bond motifs is 1. The Labute approximate surface area is 123 Å². The first-order valence-corrected chi connectivity index (χ1v) is 7.00. The first-order valence-electron chi connectivity index (χ1n) is 7.00. The van der Waals surface area contributed by atoms with Gasteiger partial charge in [-0.1, -0.05) is 40.7 Å². The van der Waals surface area contributed by atoms with Crippen LogP contribution in [0.25, 0.3) is 11.0 Å². The largest absolute Gasteiger partial charge is 0.461 e. The maximum Gasteiger partial charge on any atom is 0.394 e. The van der Waals surface area contributed by atoms with Gasteiger partial charge in [0.1, 0.15) is 11.3 Å². The SMILES string of the molecule is CC(C)(C)c1cc2cc(CC(C)(C)C(F)(F)F)ccc2o1. The molecule has 21 heavy (non-hydrogen) atoms. The normalized spacial score (nSPS) is 13.9. The standard InChI is InChI=1S/C17H21F3O/c1-15(2,3)14-9-12-8-11(6-7-13(12)21-14)10-16(4,5)17(18,19)20/h6-9H,10H2,1-5H3. The van der Waals surface area contributed by atoms with Gasteiger partial charge in [0, 0.05) is 10.8 Å². The third-order valence-corrected chi connectivity index (χ3v) is 3.73. The predicted molar refractivity (Wildman–Crippen MR) is 78.5 cm³/mol. The van der Waals surface area contributed by atoms with E-state index in [1.54, 1.807) is 18.2 Å². The van der Waals surface area contributed by atoms with Crippen molar-refractivity contribution >= 4 is 11.0 Å². The molecule has 0 N–H and O–H groups in total. The topological polar surface area (TPSA) is 13.1 Å². The lowest BCUT2D eigenvalue weighted by Gasteiger charge is -2.27. The van der Waals surface area contributed by atoms with Crippen LogP contribution in [-0.2, 0) is 11.8 Å². The molecule has 2 rings (SSSR count). The Balaban J connectivity index is 2.36. The number of alkyl halides is 3. The van der Waals surface area contributed by atoms with E-state index in [2.05, 4.69) is 0 Å². The van der Waals surface area contributed by atoms with Gasteiger partial charge in [0.15, 0.2) is 0 Å². The summed E-state index contributed by atoms with van der Waals surface area (Å²) < 4.78 is 44.7. The molecule has 0 atom stereocenters. The van der Waals surface area contributed by atoms with E-state index in [9.17, 15) is 13.2 Å². The lowest BCUT2D eigenvalue weighted by atomic mass is 9.85. The fourth-order valence-electron chi connectivity index (χ4n) is 2.18. The molecule has 0 amide bonds. The molecule has 0 bridgehead atoms. The highest BCUT2D eigenvalue weighted by atomic mass is 19.4. The van der Waals surface area contributed by atoms with Crippen LogP contribution in [0.2, 0.25) is 0 Å². The minimum Gasteiger partial charge on any atom is -0.461 e. The molecule has 2 aromatic rings. The monoisotopic (exact) mass is 298 g/mol. The van der Waals surface area contributed by atoms with Gasteiger partial charge in [0.2, 0.25) is 0 Å². The Hall–Kier alpha value is -1.45. The Morgan fingerprint density at radius 1 is 0.952 bits per heavy atom. The molecule has 1 heterocycles. The molecule has 0 saturated heterocycles. The molecule has 0 aliphatic heterocycles. The number of rotatable bonds is 2. The van der Waals surface area contributed by atoms with Crippen molar-refractivity contribution in [2.75, 3.05) is 0 Å². The van der Waals surface area contributed by atoms with Crippen LogP contribution >= 0.6 is 0 Å². The summed E-state index contributed by atoms with van der Waals surface area (Å²) in [5, 5.41) is 0.857. The average molecular weight is 298 g/mol. The van der Waals surface area contributed by atoms with Crippen LogP contribution in [0.15, 0.2) is 28.7 Å². The molecule has 0 unspecified atom stereocenters. The van der Waals surface area contributed by atoms with E-state index in [1.165, 1.54) is 13.8 Å². The second-order valence-corrected chi connectivity index (χ2v) is 7.29. The van der Waals surface area contributed by atoms with Crippen molar-refractivity contribution in [3.8, 4) is 0 Å². The van der Waals surface area contributed by atoms with Gasteiger partial charge >= 0.3 is 6.18 Å². The van der Waals surface area contributed by atoms with E-state index in [4.69, 9.17) is 4.42 Å². The summed E-state index contributed by atoms with van der Waals surface area (Å²) in [6.07, 6.45) is -4.25. The zero-order valence-electron chi connectivity index (χ0n) is 13.1. The molecule has 0 aliphatic rings. The number of hydrogen-bond acceptors (Lipinski definition) is 1. The summed E-state index contributed by atoms with van der Waals surface area (Å²) in [7, 11) is 0. The van der Waals surface area contributed by atoms with Crippen molar-refractivity contribution in [3.05, 3.63) is 35.6 Å². The average Bonchev–Trinajstić information content (AvgIpc) is 2.69. The summed E-state index contributed by atoms with van der Waals surface area (Å²) in [4.78, 5) is 0. The molecule has 1 nitrogen and oxygen atoms in total. The number of benzene rings is 1. The van der Waals surface area contributed by atoms with Crippen molar-refractivity contribution in [2.45, 2.75) is 52.6 Å². The van der Waals surface area contributed by atoms with Gasteiger partial charge in [-0.3, -0.25) is 0 Å². The third-order valence-electron chi connectivity index (χ3n) is 3.73. The minimum atomic E-state index is -4.21. The molecule has 0 fully saturated rings. The van der Waals surface area contributed by atoms with Crippen LogP contribution in [-0.4, -0.2) is 6.18 Å². The summed E-state index contributed by atoms with van der Waals surface area (Å²) >= 11 is 0. The van der Waals surface area contributed by atoms with E-state index in [-0.39, 0.29) is 11.8 Å². The Morgan fingerprint density at radius 3 is 2.10 bits per heavy atom. The first kappa shape index (κ1) is 15.9.